The summed E-state index contributed by atoms with van der Waals surface area (Å²) >= 11 is 0. The Kier molecular flexibility index (Phi) is 6.45. The standard InChI is InChI=1S/C24H29N3O3/c1-18-4-6-19(7-5-18)22(17-26-13-15-30-16-14-26)25-24(29)20-8-10-21(11-9-20)27-12-2-3-23(27)28/h4-11,22H,2-3,12-17H2,1H3,(H,25,29)/p+1/t22-/m1/s1. The minimum absolute atomic E-state index is 0.0639. The zero-order valence-electron chi connectivity index (χ0n) is 17.5. The molecule has 1 atom stereocenters. The van der Waals surface area contributed by atoms with Crippen molar-refractivity contribution >= 4 is 17.5 Å². The molecule has 2 N–H and O–H groups in total. The first-order valence-electron chi connectivity index (χ1n) is 10.8. The molecule has 2 amide bonds. The first-order valence-corrected chi connectivity index (χ1v) is 10.8. The average molecular weight is 409 g/mol. The Morgan fingerprint density at radius 1 is 1.10 bits per heavy atom. The van der Waals surface area contributed by atoms with Crippen LogP contribution in [-0.4, -0.2) is 51.2 Å². The third-order valence-electron chi connectivity index (χ3n) is 5.99. The zero-order valence-corrected chi connectivity index (χ0v) is 17.5. The molecule has 0 spiro atoms. The van der Waals surface area contributed by atoms with Crippen molar-refractivity contribution < 1.29 is 19.2 Å². The monoisotopic (exact) mass is 408 g/mol. The van der Waals surface area contributed by atoms with Crippen LogP contribution < -0.4 is 15.1 Å². The van der Waals surface area contributed by atoms with E-state index >= 15 is 0 Å². The van der Waals surface area contributed by atoms with Gasteiger partial charge in [0.15, 0.2) is 0 Å². The molecular weight excluding hydrogens is 378 g/mol. The largest absolute Gasteiger partial charge is 0.370 e. The molecule has 6 heteroatoms. The number of carbonyl (C=O) groups is 2. The number of nitrogens with zero attached hydrogens (tertiary/aromatic N) is 1. The number of ether oxygens (including phenoxy) is 1. The molecule has 30 heavy (non-hydrogen) atoms. The molecule has 0 unspecified atom stereocenters. The molecule has 2 aromatic carbocycles. The minimum atomic E-state index is -0.0902. The summed E-state index contributed by atoms with van der Waals surface area (Å²) in [6.07, 6.45) is 1.49. The fourth-order valence-corrected chi connectivity index (χ4v) is 4.16. The van der Waals surface area contributed by atoms with Gasteiger partial charge in [-0.05, 0) is 43.2 Å². The topological polar surface area (TPSA) is 63.1 Å². The second-order valence-corrected chi connectivity index (χ2v) is 8.20. The highest BCUT2D eigenvalue weighted by atomic mass is 16.5. The van der Waals surface area contributed by atoms with E-state index in [4.69, 9.17) is 4.74 Å². The number of rotatable bonds is 6. The lowest BCUT2D eigenvalue weighted by molar-refractivity contribution is -0.909. The summed E-state index contributed by atoms with van der Waals surface area (Å²) in [6, 6.07) is 15.7. The van der Waals surface area contributed by atoms with Crippen LogP contribution in [0.3, 0.4) is 0 Å². The molecule has 2 aromatic rings. The van der Waals surface area contributed by atoms with Crippen LogP contribution in [0, 0.1) is 6.92 Å². The smallest absolute Gasteiger partial charge is 0.251 e. The van der Waals surface area contributed by atoms with Crippen LogP contribution >= 0.6 is 0 Å². The zero-order chi connectivity index (χ0) is 20.9. The number of morpholine rings is 1. The van der Waals surface area contributed by atoms with Gasteiger partial charge in [-0.2, -0.15) is 0 Å². The van der Waals surface area contributed by atoms with Gasteiger partial charge < -0.3 is 19.9 Å². The summed E-state index contributed by atoms with van der Waals surface area (Å²) in [5.74, 6) is 0.0626. The van der Waals surface area contributed by atoms with E-state index in [1.54, 1.807) is 4.90 Å². The number of aryl methyl sites for hydroxylation is 1. The van der Waals surface area contributed by atoms with Crippen molar-refractivity contribution in [3.05, 3.63) is 65.2 Å². The molecule has 6 nitrogen and oxygen atoms in total. The van der Waals surface area contributed by atoms with E-state index in [0.29, 0.717) is 12.0 Å². The van der Waals surface area contributed by atoms with Crippen molar-refractivity contribution in [1.82, 2.24) is 5.32 Å². The number of amides is 2. The molecule has 0 radical (unpaired) electrons. The van der Waals surface area contributed by atoms with Crippen LogP contribution in [0.4, 0.5) is 5.69 Å². The summed E-state index contributed by atoms with van der Waals surface area (Å²) in [6.45, 7) is 7.09. The van der Waals surface area contributed by atoms with Gasteiger partial charge in [0.2, 0.25) is 5.91 Å². The van der Waals surface area contributed by atoms with Crippen LogP contribution in [0.1, 0.15) is 40.4 Å². The van der Waals surface area contributed by atoms with E-state index in [1.807, 2.05) is 24.3 Å². The van der Waals surface area contributed by atoms with Gasteiger partial charge in [0.25, 0.3) is 5.91 Å². The molecule has 0 aromatic heterocycles. The number of benzene rings is 2. The van der Waals surface area contributed by atoms with E-state index in [0.717, 1.165) is 57.1 Å². The molecule has 2 fully saturated rings. The van der Waals surface area contributed by atoms with E-state index in [1.165, 1.54) is 10.5 Å². The van der Waals surface area contributed by atoms with Crippen LogP contribution in [0.5, 0.6) is 0 Å². The van der Waals surface area contributed by atoms with Gasteiger partial charge in [-0.25, -0.2) is 0 Å². The third-order valence-corrected chi connectivity index (χ3v) is 5.99. The second kappa shape index (κ2) is 9.41. The molecule has 2 aliphatic heterocycles. The van der Waals surface area contributed by atoms with Crippen LogP contribution in [0.15, 0.2) is 48.5 Å². The lowest BCUT2D eigenvalue weighted by atomic mass is 10.0. The van der Waals surface area contributed by atoms with Gasteiger partial charge in [-0.15, -0.1) is 0 Å². The molecular formula is C24H30N3O3+. The van der Waals surface area contributed by atoms with Crippen LogP contribution in [0.2, 0.25) is 0 Å². The van der Waals surface area contributed by atoms with E-state index < -0.39 is 0 Å². The predicted molar refractivity (Wildman–Crippen MR) is 116 cm³/mol. The number of hydrogen-bond donors (Lipinski definition) is 2. The van der Waals surface area contributed by atoms with Crippen molar-refractivity contribution in [2.75, 3.05) is 44.3 Å². The molecule has 158 valence electrons. The SMILES string of the molecule is Cc1ccc([C@@H](C[NH+]2CCOCC2)NC(=O)c2ccc(N3CCCC3=O)cc2)cc1. The maximum Gasteiger partial charge on any atom is 0.251 e. The number of anilines is 1. The van der Waals surface area contributed by atoms with Gasteiger partial charge in [-0.3, -0.25) is 9.59 Å². The molecule has 2 saturated heterocycles. The Hall–Kier alpha value is -2.70. The molecule has 0 saturated carbocycles. The Balaban J connectivity index is 1.47. The van der Waals surface area contributed by atoms with Crippen LogP contribution in [0.25, 0.3) is 0 Å². The molecule has 0 aliphatic carbocycles. The Morgan fingerprint density at radius 2 is 1.80 bits per heavy atom. The quantitative estimate of drug-likeness (QED) is 0.762. The summed E-state index contributed by atoms with van der Waals surface area (Å²) in [5.41, 5.74) is 3.79. The lowest BCUT2D eigenvalue weighted by Crippen LogP contribution is -3.14. The second-order valence-electron chi connectivity index (χ2n) is 8.20. The highest BCUT2D eigenvalue weighted by Gasteiger charge is 2.24. The Morgan fingerprint density at radius 3 is 2.43 bits per heavy atom. The minimum Gasteiger partial charge on any atom is -0.370 e. The third kappa shape index (κ3) is 4.89. The van der Waals surface area contributed by atoms with E-state index in [2.05, 4.69) is 36.5 Å². The van der Waals surface area contributed by atoms with Crippen molar-refractivity contribution in [2.24, 2.45) is 0 Å². The predicted octanol–water partition coefficient (Wildman–Crippen LogP) is 1.51. The normalized spacial score (nSPS) is 18.4. The van der Waals surface area contributed by atoms with Gasteiger partial charge in [-0.1, -0.05) is 29.8 Å². The molecule has 2 aliphatic rings. The Bertz CT molecular complexity index is 874. The van der Waals surface area contributed by atoms with Gasteiger partial charge >= 0.3 is 0 Å². The molecule has 0 bridgehead atoms. The fraction of sp³-hybridized carbons (Fsp3) is 0.417. The van der Waals surface area contributed by atoms with Crippen molar-refractivity contribution in [3.8, 4) is 0 Å². The first kappa shape index (κ1) is 20.6. The van der Waals surface area contributed by atoms with E-state index in [-0.39, 0.29) is 17.9 Å². The van der Waals surface area contributed by atoms with Crippen molar-refractivity contribution in [3.63, 3.8) is 0 Å². The number of hydrogen-bond acceptors (Lipinski definition) is 3. The lowest BCUT2D eigenvalue weighted by Gasteiger charge is -2.28. The summed E-state index contributed by atoms with van der Waals surface area (Å²) in [4.78, 5) is 28.2. The molecule has 4 rings (SSSR count). The highest BCUT2D eigenvalue weighted by Crippen LogP contribution is 2.22. The Labute approximate surface area is 177 Å². The van der Waals surface area contributed by atoms with Crippen LogP contribution in [-0.2, 0) is 9.53 Å². The van der Waals surface area contributed by atoms with E-state index in [9.17, 15) is 9.59 Å². The number of carbonyl (C=O) groups excluding carboxylic acids is 2. The van der Waals surface area contributed by atoms with Crippen molar-refractivity contribution in [2.45, 2.75) is 25.8 Å². The van der Waals surface area contributed by atoms with Gasteiger partial charge in [0.05, 0.1) is 13.2 Å². The fourth-order valence-electron chi connectivity index (χ4n) is 4.16. The number of quaternary nitrogens is 1. The summed E-state index contributed by atoms with van der Waals surface area (Å²) < 4.78 is 5.48. The average Bonchev–Trinajstić information content (AvgIpc) is 3.20. The maximum atomic E-state index is 13.0. The van der Waals surface area contributed by atoms with Crippen molar-refractivity contribution in [1.29, 1.82) is 0 Å². The first-order chi connectivity index (χ1) is 14.6. The summed E-state index contributed by atoms with van der Waals surface area (Å²) in [5, 5.41) is 3.23. The molecule has 2 heterocycles. The highest BCUT2D eigenvalue weighted by molar-refractivity contribution is 5.97. The maximum absolute atomic E-state index is 13.0. The summed E-state index contributed by atoms with van der Waals surface area (Å²) in [7, 11) is 0. The number of nitrogens with one attached hydrogen (secondary N) is 2. The van der Waals surface area contributed by atoms with Gasteiger partial charge in [0, 0.05) is 24.2 Å². The van der Waals surface area contributed by atoms with Gasteiger partial charge in [0.1, 0.15) is 25.7 Å².